The van der Waals surface area contributed by atoms with Crippen LogP contribution >= 0.6 is 0 Å². The first-order chi connectivity index (χ1) is 12.0. The number of aliphatic hydroxyl groups is 1. The summed E-state index contributed by atoms with van der Waals surface area (Å²) in [6, 6.07) is 0. The van der Waals surface area contributed by atoms with E-state index < -0.39 is 18.0 Å². The molecule has 1 rings (SSSR count). The molecule has 26 heavy (non-hydrogen) atoms. The van der Waals surface area contributed by atoms with Crippen molar-refractivity contribution in [2.45, 2.75) is 70.8 Å². The Bertz CT molecular complexity index is 492. The van der Waals surface area contributed by atoms with Gasteiger partial charge in [-0.3, -0.25) is 0 Å². The molecule has 0 bridgehead atoms. The van der Waals surface area contributed by atoms with Crippen LogP contribution < -0.4 is 10.2 Å². The monoisotopic (exact) mass is 416 g/mol. The van der Waals surface area contributed by atoms with Gasteiger partial charge in [-0.05, 0) is 18.6 Å². The predicted octanol–water partition coefficient (Wildman–Crippen LogP) is 0.798. The molecule has 1 atom stereocenters. The molecular formula is C18H28N2O5Zn. The molecule has 0 saturated carbocycles. The van der Waals surface area contributed by atoms with E-state index in [0.717, 1.165) is 25.3 Å². The molecule has 0 aliphatic rings. The van der Waals surface area contributed by atoms with Crippen molar-refractivity contribution in [1.29, 1.82) is 0 Å². The summed E-state index contributed by atoms with van der Waals surface area (Å²) in [5, 5.41) is 29.0. The van der Waals surface area contributed by atoms with Gasteiger partial charge >= 0.3 is 19.5 Å². The Hall–Kier alpha value is -1.53. The van der Waals surface area contributed by atoms with Crippen LogP contribution in [0.5, 0.6) is 0 Å². The zero-order chi connectivity index (χ0) is 18.9. The molecule has 0 radical (unpaired) electrons. The number of carbonyl (C=O) groups is 2. The fraction of sp³-hybridized carbons (Fsp3) is 0.611. The van der Waals surface area contributed by atoms with Gasteiger partial charge < -0.3 is 29.9 Å². The van der Waals surface area contributed by atoms with Crippen molar-refractivity contribution < 1.29 is 44.4 Å². The van der Waals surface area contributed by atoms with E-state index in [4.69, 9.17) is 5.11 Å². The Morgan fingerprint density at radius 2 is 1.73 bits per heavy atom. The van der Waals surface area contributed by atoms with Crippen molar-refractivity contribution in [2.24, 2.45) is 0 Å². The summed E-state index contributed by atoms with van der Waals surface area (Å²) < 4.78 is 0. The van der Waals surface area contributed by atoms with Gasteiger partial charge in [0.25, 0.3) is 0 Å². The third kappa shape index (κ3) is 17.3. The van der Waals surface area contributed by atoms with Crippen LogP contribution in [0.2, 0.25) is 0 Å². The van der Waals surface area contributed by atoms with Crippen molar-refractivity contribution in [2.75, 3.05) is 0 Å². The molecule has 7 nitrogen and oxygen atoms in total. The van der Waals surface area contributed by atoms with Gasteiger partial charge in [0, 0.05) is 0 Å². The molecule has 0 spiro atoms. The molecule has 0 amide bonds. The van der Waals surface area contributed by atoms with Gasteiger partial charge in [-0.25, -0.2) is 4.98 Å². The Kier molecular flexibility index (Phi) is 18.8. The first-order valence-electron chi connectivity index (χ1n) is 8.73. The predicted molar refractivity (Wildman–Crippen MR) is 90.9 cm³/mol. The van der Waals surface area contributed by atoms with Gasteiger partial charge in [-0.2, -0.15) is 0 Å². The molecule has 1 aromatic heterocycles. The minimum Gasteiger partial charge on any atom is -0.547 e. The van der Waals surface area contributed by atoms with Crippen LogP contribution in [-0.2, 0) is 29.1 Å². The van der Waals surface area contributed by atoms with Crippen LogP contribution in [0.3, 0.4) is 0 Å². The molecule has 142 valence electrons. The maximum absolute atomic E-state index is 10.2. The third-order valence-electron chi connectivity index (χ3n) is 3.52. The molecule has 0 aliphatic carbocycles. The summed E-state index contributed by atoms with van der Waals surface area (Å²) in [6.07, 6.45) is 13.7. The number of nitrogens with zero attached hydrogens (tertiary/aromatic N) is 1. The number of carbonyl (C=O) groups excluding carboxylic acids is 2. The first-order valence-corrected chi connectivity index (χ1v) is 8.73. The van der Waals surface area contributed by atoms with Crippen molar-refractivity contribution in [3.8, 4) is 0 Å². The van der Waals surface area contributed by atoms with Crippen LogP contribution in [0.1, 0.15) is 70.4 Å². The third-order valence-corrected chi connectivity index (χ3v) is 3.52. The molecule has 8 heteroatoms. The Morgan fingerprint density at radius 3 is 2.19 bits per heavy atom. The zero-order valence-corrected chi connectivity index (χ0v) is 18.5. The van der Waals surface area contributed by atoms with E-state index in [1.54, 1.807) is 0 Å². The van der Waals surface area contributed by atoms with E-state index in [9.17, 15) is 19.8 Å². The minimum atomic E-state index is -1.35. The molecule has 1 unspecified atom stereocenters. The second-order valence-corrected chi connectivity index (χ2v) is 5.76. The molecular weight excluding hydrogens is 390 g/mol. The van der Waals surface area contributed by atoms with E-state index in [-0.39, 0.29) is 19.5 Å². The smallest absolute Gasteiger partial charge is 0.547 e. The van der Waals surface area contributed by atoms with Gasteiger partial charge in [-0.15, -0.1) is 0 Å². The van der Waals surface area contributed by atoms with Crippen LogP contribution in [0, 0.1) is 0 Å². The average molecular weight is 418 g/mol. The molecule has 1 aromatic rings. The van der Waals surface area contributed by atoms with Crippen LogP contribution in [0.25, 0.3) is 6.08 Å². The number of aliphatic hydroxyl groups excluding tert-OH is 1. The SMILES string of the molecule is CCCCCCCCCCC(O)C(=O)[O-].O=C([O-])C=Cc1cnc[nH]1.[Zn+2]. The second kappa shape index (κ2) is 18.3. The number of nitrogens with one attached hydrogen (secondary N) is 1. The topological polar surface area (TPSA) is 129 Å². The van der Waals surface area contributed by atoms with Gasteiger partial charge in [-0.1, -0.05) is 58.3 Å². The van der Waals surface area contributed by atoms with Crippen molar-refractivity contribution in [3.63, 3.8) is 0 Å². The number of H-pyrrole nitrogens is 1. The molecule has 0 saturated heterocycles. The maximum atomic E-state index is 10.2. The minimum absolute atomic E-state index is 0. The summed E-state index contributed by atoms with van der Waals surface area (Å²) in [5.41, 5.74) is 0.643. The number of carboxylic acid groups (broad SMARTS) is 2. The maximum Gasteiger partial charge on any atom is 2.00 e. The number of rotatable bonds is 12. The Labute approximate surface area is 167 Å². The number of imidazole rings is 1. The Balaban J connectivity index is 0. The number of unbranched alkanes of at least 4 members (excludes halogenated alkanes) is 7. The van der Waals surface area contributed by atoms with Gasteiger partial charge in [0.05, 0.1) is 36.3 Å². The number of carboxylic acids is 2. The van der Waals surface area contributed by atoms with E-state index in [0.29, 0.717) is 12.1 Å². The standard InChI is InChI=1S/C12H24O3.C6H6N2O2.Zn/c1-2-3-4-5-6-7-8-9-10-11(13)12(14)15;9-6(10)2-1-5-3-7-4-8-5;/h11,13H,2-10H2,1H3,(H,14,15);1-4H,(H,7,8)(H,9,10);/q;;+2/p-2. The summed E-state index contributed by atoms with van der Waals surface area (Å²) in [5.74, 6) is -2.56. The quantitative estimate of drug-likeness (QED) is 0.294. The molecule has 2 N–H and O–H groups in total. The van der Waals surface area contributed by atoms with E-state index >= 15 is 0 Å². The molecule has 0 fully saturated rings. The zero-order valence-electron chi connectivity index (χ0n) is 15.5. The van der Waals surface area contributed by atoms with Gasteiger partial charge in [0.1, 0.15) is 0 Å². The fourth-order valence-corrected chi connectivity index (χ4v) is 2.11. The van der Waals surface area contributed by atoms with Crippen LogP contribution in [0.4, 0.5) is 0 Å². The van der Waals surface area contributed by atoms with E-state index in [1.165, 1.54) is 50.7 Å². The van der Waals surface area contributed by atoms with Gasteiger partial charge in [0.15, 0.2) is 0 Å². The molecule has 0 aliphatic heterocycles. The van der Waals surface area contributed by atoms with Crippen molar-refractivity contribution in [3.05, 3.63) is 24.3 Å². The summed E-state index contributed by atoms with van der Waals surface area (Å²) in [7, 11) is 0. The number of aromatic amines is 1. The Morgan fingerprint density at radius 1 is 1.15 bits per heavy atom. The molecule has 0 aromatic carbocycles. The van der Waals surface area contributed by atoms with Gasteiger partial charge in [0.2, 0.25) is 0 Å². The number of hydrogen-bond donors (Lipinski definition) is 2. The number of aromatic nitrogens is 2. The van der Waals surface area contributed by atoms with Crippen molar-refractivity contribution >= 4 is 18.0 Å². The fourth-order valence-electron chi connectivity index (χ4n) is 2.11. The molecule has 1 heterocycles. The number of hydrogen-bond acceptors (Lipinski definition) is 6. The number of aliphatic carboxylic acids is 2. The summed E-state index contributed by atoms with van der Waals surface area (Å²) >= 11 is 0. The van der Waals surface area contributed by atoms with Crippen LogP contribution in [0.15, 0.2) is 18.6 Å². The second-order valence-electron chi connectivity index (χ2n) is 5.76. The largest absolute Gasteiger partial charge is 2.00 e. The summed E-state index contributed by atoms with van der Waals surface area (Å²) in [4.78, 5) is 26.4. The van der Waals surface area contributed by atoms with E-state index in [2.05, 4.69) is 16.9 Å². The van der Waals surface area contributed by atoms with Crippen LogP contribution in [-0.4, -0.2) is 33.1 Å². The first kappa shape index (κ1) is 26.7. The van der Waals surface area contributed by atoms with E-state index in [1.807, 2.05) is 0 Å². The average Bonchev–Trinajstić information content (AvgIpc) is 3.09. The normalized spacial score (nSPS) is 11.3. The summed E-state index contributed by atoms with van der Waals surface area (Å²) in [6.45, 7) is 2.20. The van der Waals surface area contributed by atoms with Crippen molar-refractivity contribution in [1.82, 2.24) is 9.97 Å².